The Balaban J connectivity index is 1.51. The summed E-state index contributed by atoms with van der Waals surface area (Å²) < 4.78 is 65.1. The lowest BCUT2D eigenvalue weighted by Gasteiger charge is -2.15. The monoisotopic (exact) mass is 546 g/mol. The third-order valence-corrected chi connectivity index (χ3v) is 7.02. The first-order valence-corrected chi connectivity index (χ1v) is 12.7. The standard InChI is InChI=1S/C33H18F4N4/c34-28-27(24-17-23(19-9-3-1-4-10-19)39-33(40-24)20-11-5-2-6-12-20)29(35)31(37)32(30(28)36)41-25-14-8-7-13-21(25)22-18-38-16-15-26(22)41/h1-18H. The van der Waals surface area contributed by atoms with Gasteiger partial charge in [-0.15, -0.1) is 0 Å². The molecule has 0 fully saturated rings. The fourth-order valence-corrected chi connectivity index (χ4v) is 5.15. The zero-order chi connectivity index (χ0) is 28.1. The van der Waals surface area contributed by atoms with E-state index in [0.717, 1.165) is 0 Å². The van der Waals surface area contributed by atoms with Gasteiger partial charge in [0.2, 0.25) is 0 Å². The molecule has 0 aliphatic rings. The predicted octanol–water partition coefficient (Wildman–Crippen LogP) is 8.53. The highest BCUT2D eigenvalue weighted by Crippen LogP contribution is 2.39. The van der Waals surface area contributed by atoms with Crippen molar-refractivity contribution >= 4 is 21.8 Å². The summed E-state index contributed by atoms with van der Waals surface area (Å²) >= 11 is 0. The van der Waals surface area contributed by atoms with E-state index >= 15 is 17.6 Å². The van der Waals surface area contributed by atoms with E-state index in [-0.39, 0.29) is 11.5 Å². The summed E-state index contributed by atoms with van der Waals surface area (Å²) in [4.78, 5) is 13.0. The fourth-order valence-electron chi connectivity index (χ4n) is 5.15. The van der Waals surface area contributed by atoms with Crippen molar-refractivity contribution in [2.24, 2.45) is 0 Å². The van der Waals surface area contributed by atoms with Crippen LogP contribution in [-0.4, -0.2) is 19.5 Å². The molecule has 0 aliphatic carbocycles. The fraction of sp³-hybridized carbons (Fsp3) is 0. The van der Waals surface area contributed by atoms with Crippen molar-refractivity contribution < 1.29 is 17.6 Å². The second-order valence-electron chi connectivity index (χ2n) is 9.42. The number of aromatic nitrogens is 4. The minimum absolute atomic E-state index is 0.153. The van der Waals surface area contributed by atoms with Gasteiger partial charge < -0.3 is 4.57 Å². The predicted molar refractivity (Wildman–Crippen MR) is 150 cm³/mol. The molecule has 0 radical (unpaired) electrons. The van der Waals surface area contributed by atoms with Gasteiger partial charge >= 0.3 is 0 Å². The molecule has 198 valence electrons. The average Bonchev–Trinajstić information content (AvgIpc) is 3.35. The van der Waals surface area contributed by atoms with Crippen LogP contribution < -0.4 is 0 Å². The van der Waals surface area contributed by atoms with Gasteiger partial charge in [-0.3, -0.25) is 4.98 Å². The SMILES string of the molecule is Fc1c(F)c(-n2c3ccccc3c3cnccc32)c(F)c(F)c1-c1cc(-c2ccccc2)nc(-c2ccccc2)n1. The first kappa shape index (κ1) is 24.7. The van der Waals surface area contributed by atoms with Crippen molar-refractivity contribution in [3.8, 4) is 39.6 Å². The average molecular weight is 547 g/mol. The first-order valence-electron chi connectivity index (χ1n) is 12.7. The number of hydrogen-bond acceptors (Lipinski definition) is 3. The number of pyridine rings is 1. The third-order valence-electron chi connectivity index (χ3n) is 7.02. The van der Waals surface area contributed by atoms with Gasteiger partial charge in [-0.1, -0.05) is 78.9 Å². The van der Waals surface area contributed by atoms with Crippen LogP contribution in [0.15, 0.2) is 109 Å². The van der Waals surface area contributed by atoms with Gasteiger partial charge in [-0.2, -0.15) is 0 Å². The van der Waals surface area contributed by atoms with Gasteiger partial charge in [0.15, 0.2) is 29.1 Å². The third kappa shape index (κ3) is 3.95. The van der Waals surface area contributed by atoms with Gasteiger partial charge in [0.1, 0.15) is 5.69 Å². The lowest BCUT2D eigenvalue weighted by molar-refractivity contribution is 0.453. The van der Waals surface area contributed by atoms with Crippen LogP contribution in [0.25, 0.3) is 61.4 Å². The van der Waals surface area contributed by atoms with Crippen molar-refractivity contribution in [1.29, 1.82) is 0 Å². The molecular formula is C33H18F4N4. The van der Waals surface area contributed by atoms with E-state index < -0.39 is 34.5 Å². The molecule has 0 amide bonds. The number of rotatable bonds is 4. The molecular weight excluding hydrogens is 528 g/mol. The number of hydrogen-bond donors (Lipinski definition) is 0. The maximum atomic E-state index is 16.0. The van der Waals surface area contributed by atoms with Gasteiger partial charge in [-0.25, -0.2) is 27.5 Å². The number of halogens is 4. The molecule has 0 unspecified atom stereocenters. The largest absolute Gasteiger partial charge is 0.304 e. The van der Waals surface area contributed by atoms with Crippen molar-refractivity contribution in [2.75, 3.05) is 0 Å². The van der Waals surface area contributed by atoms with Crippen LogP contribution in [0.3, 0.4) is 0 Å². The molecule has 4 aromatic carbocycles. The molecule has 0 N–H and O–H groups in total. The highest BCUT2D eigenvalue weighted by molar-refractivity contribution is 6.08. The van der Waals surface area contributed by atoms with E-state index in [2.05, 4.69) is 15.0 Å². The highest BCUT2D eigenvalue weighted by atomic mass is 19.2. The van der Waals surface area contributed by atoms with Gasteiger partial charge in [-0.05, 0) is 18.2 Å². The van der Waals surface area contributed by atoms with Crippen LogP contribution in [0.5, 0.6) is 0 Å². The number of para-hydroxylation sites is 1. The molecule has 7 rings (SSSR count). The van der Waals surface area contributed by atoms with E-state index in [4.69, 9.17) is 0 Å². The van der Waals surface area contributed by atoms with E-state index in [9.17, 15) is 0 Å². The zero-order valence-electron chi connectivity index (χ0n) is 21.2. The van der Waals surface area contributed by atoms with Crippen LogP contribution in [-0.2, 0) is 0 Å². The molecule has 3 heterocycles. The minimum Gasteiger partial charge on any atom is -0.304 e. The normalized spacial score (nSPS) is 11.4. The number of fused-ring (bicyclic) bond motifs is 3. The van der Waals surface area contributed by atoms with E-state index in [1.807, 2.05) is 6.07 Å². The molecule has 8 heteroatoms. The number of nitrogens with zero attached hydrogens (tertiary/aromatic N) is 4. The quantitative estimate of drug-likeness (QED) is 0.164. The molecule has 0 atom stereocenters. The maximum absolute atomic E-state index is 16.0. The minimum atomic E-state index is -1.56. The second-order valence-corrected chi connectivity index (χ2v) is 9.42. The van der Waals surface area contributed by atoms with Crippen molar-refractivity contribution in [3.63, 3.8) is 0 Å². The second kappa shape index (κ2) is 9.67. The molecule has 0 spiro atoms. The summed E-state index contributed by atoms with van der Waals surface area (Å²) in [7, 11) is 0. The summed E-state index contributed by atoms with van der Waals surface area (Å²) in [5.41, 5.74) is 0.223. The van der Waals surface area contributed by atoms with Crippen LogP contribution >= 0.6 is 0 Å². The Morgan fingerprint density at radius 2 is 1.12 bits per heavy atom. The molecule has 7 aromatic rings. The summed E-state index contributed by atoms with van der Waals surface area (Å²) in [6.45, 7) is 0. The van der Waals surface area contributed by atoms with E-state index in [1.54, 1.807) is 91.1 Å². The topological polar surface area (TPSA) is 43.6 Å². The lowest BCUT2D eigenvalue weighted by atomic mass is 10.0. The Labute approximate surface area is 231 Å². The molecule has 4 nitrogen and oxygen atoms in total. The molecule has 0 aliphatic heterocycles. The van der Waals surface area contributed by atoms with Gasteiger partial charge in [0.05, 0.1) is 28.0 Å². The Hall–Kier alpha value is -5.37. The van der Waals surface area contributed by atoms with Crippen molar-refractivity contribution in [2.45, 2.75) is 0 Å². The van der Waals surface area contributed by atoms with E-state index in [1.165, 1.54) is 16.8 Å². The Kier molecular flexibility index (Phi) is 5.82. The van der Waals surface area contributed by atoms with Gasteiger partial charge in [0, 0.05) is 34.3 Å². The molecule has 41 heavy (non-hydrogen) atoms. The summed E-state index contributed by atoms with van der Waals surface area (Å²) in [5, 5.41) is 1.22. The molecule has 0 saturated heterocycles. The first-order chi connectivity index (χ1) is 20.0. The van der Waals surface area contributed by atoms with Crippen molar-refractivity contribution in [1.82, 2.24) is 19.5 Å². The smallest absolute Gasteiger partial charge is 0.186 e. The van der Waals surface area contributed by atoms with E-state index in [0.29, 0.717) is 38.6 Å². The summed E-state index contributed by atoms with van der Waals surface area (Å²) in [6, 6.07) is 27.4. The maximum Gasteiger partial charge on any atom is 0.186 e. The summed E-state index contributed by atoms with van der Waals surface area (Å²) in [5.74, 6) is -6.05. The Morgan fingerprint density at radius 1 is 0.537 bits per heavy atom. The van der Waals surface area contributed by atoms with Crippen LogP contribution in [0, 0.1) is 23.3 Å². The van der Waals surface area contributed by atoms with Crippen LogP contribution in [0.4, 0.5) is 17.6 Å². The number of benzene rings is 4. The summed E-state index contributed by atoms with van der Waals surface area (Å²) in [6.07, 6.45) is 2.99. The Morgan fingerprint density at radius 3 is 1.83 bits per heavy atom. The van der Waals surface area contributed by atoms with Crippen LogP contribution in [0.2, 0.25) is 0 Å². The molecule has 3 aromatic heterocycles. The highest BCUT2D eigenvalue weighted by Gasteiger charge is 2.30. The Bertz CT molecular complexity index is 1950. The zero-order valence-corrected chi connectivity index (χ0v) is 21.2. The van der Waals surface area contributed by atoms with Crippen LogP contribution in [0.1, 0.15) is 0 Å². The molecule has 0 bridgehead atoms. The lowest BCUT2D eigenvalue weighted by Crippen LogP contribution is -2.10. The molecule has 0 saturated carbocycles. The van der Waals surface area contributed by atoms with Gasteiger partial charge in [0.25, 0.3) is 0 Å². The van der Waals surface area contributed by atoms with Crippen molar-refractivity contribution in [3.05, 3.63) is 133 Å².